The molecule has 1 amide bonds. The van der Waals surface area contributed by atoms with Crippen LogP contribution in [0.3, 0.4) is 0 Å². The Labute approximate surface area is 84.8 Å². The number of rotatable bonds is 2. The fraction of sp³-hybridized carbons (Fsp3) is 0.300. The largest absolute Gasteiger partial charge is 0.378 e. The van der Waals surface area contributed by atoms with Gasteiger partial charge in [0.25, 0.3) is 0 Å². The fourth-order valence-corrected chi connectivity index (χ4v) is 1.60. The van der Waals surface area contributed by atoms with Crippen LogP contribution in [0.4, 0.5) is 8.78 Å². The summed E-state index contributed by atoms with van der Waals surface area (Å²) in [6.45, 7) is 0.00537. The number of hydrogen-bond donors (Lipinski definition) is 1. The zero-order chi connectivity index (χ0) is 11.1. The van der Waals surface area contributed by atoms with Gasteiger partial charge in [-0.05, 0) is 18.2 Å². The molecule has 0 unspecified atom stereocenters. The van der Waals surface area contributed by atoms with E-state index in [-0.39, 0.29) is 18.8 Å². The summed E-state index contributed by atoms with van der Waals surface area (Å²) < 4.78 is 31.2. The topological polar surface area (TPSA) is 52.3 Å². The van der Waals surface area contributed by atoms with E-state index in [1.807, 2.05) is 0 Å². The number of ether oxygens (including phenoxy) is 1. The van der Waals surface area contributed by atoms with Gasteiger partial charge in [0, 0.05) is 5.56 Å². The molecule has 0 bridgehead atoms. The molecule has 1 aliphatic rings. The summed E-state index contributed by atoms with van der Waals surface area (Å²) in [5.41, 5.74) is 3.95. The van der Waals surface area contributed by atoms with Gasteiger partial charge in [-0.2, -0.15) is 0 Å². The van der Waals surface area contributed by atoms with Crippen molar-refractivity contribution in [3.8, 4) is 0 Å². The number of halogens is 2. The Balaban J connectivity index is 2.51. The molecule has 0 atom stereocenters. The maximum atomic E-state index is 13.4. The molecule has 80 valence electrons. The first-order valence-electron chi connectivity index (χ1n) is 4.39. The Morgan fingerprint density at radius 3 is 2.53 bits per heavy atom. The zero-order valence-corrected chi connectivity index (χ0v) is 7.80. The van der Waals surface area contributed by atoms with E-state index in [0.29, 0.717) is 0 Å². The highest BCUT2D eigenvalue weighted by Gasteiger charge is 2.48. The third-order valence-electron chi connectivity index (χ3n) is 2.61. The lowest BCUT2D eigenvalue weighted by atomic mass is 9.77. The Hall–Kier alpha value is -1.49. The van der Waals surface area contributed by atoms with Crippen LogP contribution < -0.4 is 5.73 Å². The molecular weight excluding hydrogens is 204 g/mol. The zero-order valence-electron chi connectivity index (χ0n) is 7.80. The predicted octanol–water partition coefficient (Wildman–Crippen LogP) is 0.718. The summed E-state index contributed by atoms with van der Waals surface area (Å²) in [4.78, 5) is 11.2. The second-order valence-electron chi connectivity index (χ2n) is 3.56. The molecule has 3 nitrogen and oxygen atoms in total. The molecule has 2 rings (SSSR count). The first-order chi connectivity index (χ1) is 7.06. The van der Waals surface area contributed by atoms with Crippen LogP contribution in [0, 0.1) is 11.6 Å². The van der Waals surface area contributed by atoms with Crippen molar-refractivity contribution in [1.29, 1.82) is 0 Å². The van der Waals surface area contributed by atoms with Gasteiger partial charge >= 0.3 is 0 Å². The Morgan fingerprint density at radius 1 is 1.40 bits per heavy atom. The SMILES string of the molecule is NC(=O)C1(c2cc(F)ccc2F)COC1. The molecule has 15 heavy (non-hydrogen) atoms. The standard InChI is InChI=1S/C10H9F2NO2/c11-6-1-2-8(12)7(3-6)10(9(13)14)4-15-5-10/h1-3H,4-5H2,(H2,13,14). The number of carbonyl (C=O) groups is 1. The van der Waals surface area contributed by atoms with Gasteiger partial charge in [0.1, 0.15) is 17.0 Å². The summed E-state index contributed by atoms with van der Waals surface area (Å²) in [7, 11) is 0. The van der Waals surface area contributed by atoms with E-state index >= 15 is 0 Å². The van der Waals surface area contributed by atoms with Crippen LogP contribution >= 0.6 is 0 Å². The average molecular weight is 213 g/mol. The number of carbonyl (C=O) groups excluding carboxylic acids is 1. The van der Waals surface area contributed by atoms with E-state index in [9.17, 15) is 13.6 Å². The summed E-state index contributed by atoms with van der Waals surface area (Å²) >= 11 is 0. The average Bonchev–Trinajstić information content (AvgIpc) is 2.08. The summed E-state index contributed by atoms with van der Waals surface area (Å²) in [5.74, 6) is -1.93. The highest BCUT2D eigenvalue weighted by molar-refractivity contribution is 5.88. The molecule has 1 aliphatic heterocycles. The van der Waals surface area contributed by atoms with Crippen molar-refractivity contribution >= 4 is 5.91 Å². The molecule has 5 heteroatoms. The van der Waals surface area contributed by atoms with Crippen molar-refractivity contribution in [3.63, 3.8) is 0 Å². The Morgan fingerprint density at radius 2 is 2.07 bits per heavy atom. The van der Waals surface area contributed by atoms with Crippen LogP contribution in [0.25, 0.3) is 0 Å². The summed E-state index contributed by atoms with van der Waals surface area (Å²) in [6.07, 6.45) is 0. The van der Waals surface area contributed by atoms with Gasteiger partial charge in [-0.25, -0.2) is 8.78 Å². The lowest BCUT2D eigenvalue weighted by molar-refractivity contribution is -0.142. The number of primary amides is 1. The van der Waals surface area contributed by atoms with Gasteiger partial charge in [-0.1, -0.05) is 0 Å². The second-order valence-corrected chi connectivity index (χ2v) is 3.56. The van der Waals surface area contributed by atoms with Gasteiger partial charge in [0.15, 0.2) is 0 Å². The Kier molecular flexibility index (Phi) is 2.19. The fourth-order valence-electron chi connectivity index (χ4n) is 1.60. The molecule has 2 N–H and O–H groups in total. The molecule has 1 fully saturated rings. The van der Waals surface area contributed by atoms with Gasteiger partial charge in [0.05, 0.1) is 13.2 Å². The van der Waals surface area contributed by atoms with Gasteiger partial charge in [0.2, 0.25) is 5.91 Å². The number of benzene rings is 1. The Bertz CT molecular complexity index is 416. The minimum atomic E-state index is -1.20. The number of hydrogen-bond acceptors (Lipinski definition) is 2. The monoisotopic (exact) mass is 213 g/mol. The maximum Gasteiger partial charge on any atom is 0.232 e. The van der Waals surface area contributed by atoms with Crippen molar-refractivity contribution in [3.05, 3.63) is 35.4 Å². The van der Waals surface area contributed by atoms with Crippen molar-refractivity contribution in [2.75, 3.05) is 13.2 Å². The lowest BCUT2D eigenvalue weighted by Gasteiger charge is -2.38. The van der Waals surface area contributed by atoms with Crippen LogP contribution in [-0.2, 0) is 14.9 Å². The van der Waals surface area contributed by atoms with E-state index < -0.39 is 23.0 Å². The van der Waals surface area contributed by atoms with Crippen molar-refractivity contribution < 1.29 is 18.3 Å². The second kappa shape index (κ2) is 3.27. The molecule has 1 aromatic carbocycles. The number of nitrogens with two attached hydrogens (primary N) is 1. The summed E-state index contributed by atoms with van der Waals surface area (Å²) in [5, 5.41) is 0. The minimum Gasteiger partial charge on any atom is -0.378 e. The highest BCUT2D eigenvalue weighted by Crippen LogP contribution is 2.34. The third kappa shape index (κ3) is 1.39. The normalized spacial score (nSPS) is 18.3. The third-order valence-corrected chi connectivity index (χ3v) is 2.61. The van der Waals surface area contributed by atoms with E-state index in [1.165, 1.54) is 0 Å². The molecule has 0 spiro atoms. The van der Waals surface area contributed by atoms with Crippen LogP contribution in [0.15, 0.2) is 18.2 Å². The van der Waals surface area contributed by atoms with Crippen molar-refractivity contribution in [1.82, 2.24) is 0 Å². The molecule has 1 aromatic rings. The van der Waals surface area contributed by atoms with Gasteiger partial charge in [-0.3, -0.25) is 4.79 Å². The molecule has 0 radical (unpaired) electrons. The molecule has 0 aliphatic carbocycles. The maximum absolute atomic E-state index is 13.4. The quantitative estimate of drug-likeness (QED) is 0.786. The molecular formula is C10H9F2NO2. The van der Waals surface area contributed by atoms with Crippen LogP contribution in [-0.4, -0.2) is 19.1 Å². The van der Waals surface area contributed by atoms with E-state index in [1.54, 1.807) is 0 Å². The van der Waals surface area contributed by atoms with Gasteiger partial charge in [-0.15, -0.1) is 0 Å². The highest BCUT2D eigenvalue weighted by atomic mass is 19.1. The smallest absolute Gasteiger partial charge is 0.232 e. The predicted molar refractivity (Wildman–Crippen MR) is 48.0 cm³/mol. The van der Waals surface area contributed by atoms with Gasteiger partial charge < -0.3 is 10.5 Å². The van der Waals surface area contributed by atoms with Crippen molar-refractivity contribution in [2.24, 2.45) is 5.73 Å². The minimum absolute atomic E-state index is 0.00269. The molecule has 0 saturated carbocycles. The van der Waals surface area contributed by atoms with E-state index in [4.69, 9.17) is 10.5 Å². The van der Waals surface area contributed by atoms with E-state index in [2.05, 4.69) is 0 Å². The lowest BCUT2D eigenvalue weighted by Crippen LogP contribution is -2.56. The molecule has 1 saturated heterocycles. The van der Waals surface area contributed by atoms with Crippen molar-refractivity contribution in [2.45, 2.75) is 5.41 Å². The van der Waals surface area contributed by atoms with Crippen LogP contribution in [0.5, 0.6) is 0 Å². The number of amides is 1. The first-order valence-corrected chi connectivity index (χ1v) is 4.39. The van der Waals surface area contributed by atoms with Crippen LogP contribution in [0.1, 0.15) is 5.56 Å². The summed E-state index contributed by atoms with van der Waals surface area (Å²) in [6, 6.07) is 2.96. The first kappa shape index (κ1) is 10.0. The molecule has 1 heterocycles. The van der Waals surface area contributed by atoms with Crippen LogP contribution in [0.2, 0.25) is 0 Å². The van der Waals surface area contributed by atoms with E-state index in [0.717, 1.165) is 18.2 Å². The molecule has 0 aromatic heterocycles.